The van der Waals surface area contributed by atoms with Crippen molar-refractivity contribution in [3.63, 3.8) is 0 Å². The minimum absolute atomic E-state index is 0.0115. The van der Waals surface area contributed by atoms with E-state index in [1.807, 2.05) is 87.8 Å². The number of esters is 1. The second-order valence-electron chi connectivity index (χ2n) is 14.8. The Labute approximate surface area is 347 Å². The number of aryl methyl sites for hydroxylation is 4. The van der Waals surface area contributed by atoms with Gasteiger partial charge >= 0.3 is 11.7 Å². The largest absolute Gasteiger partial charge is 0.459 e. The highest BCUT2D eigenvalue weighted by Crippen LogP contribution is 2.32. The number of pyridine rings is 2. The molecule has 0 bridgehead atoms. The number of hydrogen-bond donors (Lipinski definition) is 3. The third kappa shape index (κ3) is 15.4. The molecule has 1 fully saturated rings. The zero-order valence-corrected chi connectivity index (χ0v) is 35.8. The average molecular weight is 824 g/mol. The number of hydrogen-bond acceptors (Lipinski definition) is 11. The van der Waals surface area contributed by atoms with Gasteiger partial charge in [0.1, 0.15) is 32.2 Å². The van der Waals surface area contributed by atoms with Crippen LogP contribution in [0.4, 0.5) is 5.82 Å². The van der Waals surface area contributed by atoms with Gasteiger partial charge in [0, 0.05) is 69.6 Å². The lowest BCUT2D eigenvalue weighted by Crippen LogP contribution is -2.32. The standard InChI is InChI=1S/C43H63N7O9/c1-7-9-16-44-38(51)12-13-40(52)59-37-27-39(58-36(37)8-2)50-28-32(4)41(47-43(50)54)45-17-10-21-55-23-25-57-26-24-56-22-11-18-46-42(53)33-15-20-49(6)30-35(33)34-29-48(5)19-14-31(34)3/h14-15,19-20,28-30,36-37,39H,7-13,16-18,21-27H2,1-6H3,(H-2,44,45,46,47,51,53,54)/p+2. The first kappa shape index (κ1) is 46.9. The van der Waals surface area contributed by atoms with Crippen LogP contribution in [0.3, 0.4) is 0 Å². The van der Waals surface area contributed by atoms with Crippen LogP contribution in [0.5, 0.6) is 0 Å². The molecular formula is C43H65N7O9+2. The maximum absolute atomic E-state index is 13.1. The molecule has 0 aliphatic carbocycles. The summed E-state index contributed by atoms with van der Waals surface area (Å²) in [6, 6.07) is 3.90. The third-order valence-electron chi connectivity index (χ3n) is 9.92. The van der Waals surface area contributed by atoms with E-state index in [1.54, 1.807) is 6.20 Å². The quantitative estimate of drug-likeness (QED) is 0.0617. The Morgan fingerprint density at radius 3 is 2.17 bits per heavy atom. The predicted octanol–water partition coefficient (Wildman–Crippen LogP) is 3.15. The van der Waals surface area contributed by atoms with E-state index in [-0.39, 0.29) is 30.8 Å². The number of nitrogens with one attached hydrogen (secondary N) is 3. The van der Waals surface area contributed by atoms with Crippen LogP contribution in [-0.4, -0.2) is 98.8 Å². The molecule has 4 heterocycles. The van der Waals surface area contributed by atoms with Gasteiger partial charge in [-0.25, -0.2) is 13.9 Å². The van der Waals surface area contributed by atoms with Crippen LogP contribution in [0.25, 0.3) is 11.1 Å². The zero-order chi connectivity index (χ0) is 42.6. The summed E-state index contributed by atoms with van der Waals surface area (Å²) >= 11 is 0. The molecule has 4 rings (SSSR count). The Morgan fingerprint density at radius 1 is 0.831 bits per heavy atom. The van der Waals surface area contributed by atoms with E-state index in [9.17, 15) is 19.2 Å². The van der Waals surface area contributed by atoms with Crippen molar-refractivity contribution < 1.29 is 47.2 Å². The minimum atomic E-state index is -0.614. The second kappa shape index (κ2) is 25.0. The Hall–Kier alpha value is -4.77. The average Bonchev–Trinajstić information content (AvgIpc) is 3.62. The van der Waals surface area contributed by atoms with Crippen LogP contribution in [0.15, 0.2) is 47.9 Å². The summed E-state index contributed by atoms with van der Waals surface area (Å²) < 4.78 is 34.1. The van der Waals surface area contributed by atoms with E-state index in [0.29, 0.717) is 96.3 Å². The number of anilines is 1. The Morgan fingerprint density at radius 2 is 1.47 bits per heavy atom. The highest BCUT2D eigenvalue weighted by Gasteiger charge is 2.38. The predicted molar refractivity (Wildman–Crippen MR) is 221 cm³/mol. The first-order chi connectivity index (χ1) is 28.5. The van der Waals surface area contributed by atoms with Crippen molar-refractivity contribution in [2.75, 3.05) is 64.6 Å². The number of rotatable bonds is 26. The van der Waals surface area contributed by atoms with Crippen LogP contribution in [0, 0.1) is 13.8 Å². The summed E-state index contributed by atoms with van der Waals surface area (Å²) in [7, 11) is 3.92. The fraction of sp³-hybridized carbons (Fsp3) is 0.605. The van der Waals surface area contributed by atoms with Gasteiger partial charge in [-0.1, -0.05) is 20.3 Å². The van der Waals surface area contributed by atoms with Crippen LogP contribution in [0.2, 0.25) is 0 Å². The topological polar surface area (TPSA) is 176 Å². The molecule has 1 saturated heterocycles. The minimum Gasteiger partial charge on any atom is -0.459 e. The van der Waals surface area contributed by atoms with E-state index in [4.69, 9.17) is 23.7 Å². The molecule has 59 heavy (non-hydrogen) atoms. The maximum atomic E-state index is 13.1. The molecular weight excluding hydrogens is 759 g/mol. The molecule has 0 spiro atoms. The van der Waals surface area contributed by atoms with Gasteiger partial charge in [0.15, 0.2) is 24.8 Å². The van der Waals surface area contributed by atoms with Gasteiger partial charge in [-0.2, -0.15) is 4.98 Å². The molecule has 3 atom stereocenters. The summed E-state index contributed by atoms with van der Waals surface area (Å²) in [5.41, 5.74) is 3.96. The van der Waals surface area contributed by atoms with Crippen molar-refractivity contribution in [2.45, 2.75) is 97.5 Å². The molecule has 1 aliphatic heterocycles. The van der Waals surface area contributed by atoms with Crippen molar-refractivity contribution in [3.05, 3.63) is 70.3 Å². The van der Waals surface area contributed by atoms with Crippen LogP contribution in [0.1, 0.15) is 92.9 Å². The van der Waals surface area contributed by atoms with E-state index < -0.39 is 24.0 Å². The van der Waals surface area contributed by atoms with Crippen molar-refractivity contribution in [2.24, 2.45) is 14.1 Å². The first-order valence-electron chi connectivity index (χ1n) is 20.9. The van der Waals surface area contributed by atoms with Crippen LogP contribution < -0.4 is 30.8 Å². The SMILES string of the molecule is CCCCNC(=O)CCC(=O)OC1CC(n2cc(C)c(NCCCOCCOCCOCCCNC(=O)c3cc[n+](C)cc3-c3c[n+](C)ccc3C)nc2=O)OC1CC. The molecule has 324 valence electrons. The van der Waals surface area contributed by atoms with E-state index in [2.05, 4.69) is 20.9 Å². The highest BCUT2D eigenvalue weighted by molar-refractivity contribution is 6.00. The molecule has 3 unspecified atom stereocenters. The van der Waals surface area contributed by atoms with Crippen molar-refractivity contribution in [3.8, 4) is 11.1 Å². The summed E-state index contributed by atoms with van der Waals surface area (Å²) in [6.07, 6.45) is 12.3. The molecule has 16 heteroatoms. The van der Waals surface area contributed by atoms with E-state index in [1.165, 1.54) is 4.57 Å². The summed E-state index contributed by atoms with van der Waals surface area (Å²) in [5.74, 6) is -0.248. The fourth-order valence-electron chi connectivity index (χ4n) is 6.60. The lowest BCUT2D eigenvalue weighted by molar-refractivity contribution is -0.672. The molecule has 1 aliphatic rings. The lowest BCUT2D eigenvalue weighted by Gasteiger charge is -2.17. The molecule has 3 N–H and O–H groups in total. The fourth-order valence-corrected chi connectivity index (χ4v) is 6.60. The number of nitrogens with zero attached hydrogens (tertiary/aromatic N) is 4. The second-order valence-corrected chi connectivity index (χ2v) is 14.8. The third-order valence-corrected chi connectivity index (χ3v) is 9.92. The number of ether oxygens (including phenoxy) is 5. The van der Waals surface area contributed by atoms with Crippen LogP contribution in [-0.2, 0) is 47.4 Å². The summed E-state index contributed by atoms with van der Waals surface area (Å²) in [5, 5.41) is 9.03. The summed E-state index contributed by atoms with van der Waals surface area (Å²) in [6.45, 7) is 12.4. The van der Waals surface area contributed by atoms with Crippen molar-refractivity contribution in [1.29, 1.82) is 0 Å². The smallest absolute Gasteiger partial charge is 0.351 e. The van der Waals surface area contributed by atoms with Gasteiger partial charge < -0.3 is 39.6 Å². The molecule has 16 nitrogen and oxygen atoms in total. The molecule has 3 aromatic rings. The van der Waals surface area contributed by atoms with Gasteiger partial charge in [-0.15, -0.1) is 0 Å². The van der Waals surface area contributed by atoms with Gasteiger partial charge in [0.25, 0.3) is 5.91 Å². The van der Waals surface area contributed by atoms with Crippen molar-refractivity contribution in [1.82, 2.24) is 20.2 Å². The van der Waals surface area contributed by atoms with Gasteiger partial charge in [0.2, 0.25) is 5.91 Å². The number of unbranched alkanes of at least 4 members (excludes halogenated alkanes) is 1. The maximum Gasteiger partial charge on any atom is 0.351 e. The molecule has 2 amide bonds. The van der Waals surface area contributed by atoms with E-state index in [0.717, 1.165) is 35.1 Å². The highest BCUT2D eigenvalue weighted by atomic mass is 16.6. The molecule has 3 aromatic heterocycles. The van der Waals surface area contributed by atoms with Crippen molar-refractivity contribution >= 4 is 23.6 Å². The molecule has 0 saturated carbocycles. The normalized spacial score (nSPS) is 16.2. The van der Waals surface area contributed by atoms with E-state index >= 15 is 0 Å². The lowest BCUT2D eigenvalue weighted by atomic mass is 9.99. The number of carbonyl (C=O) groups excluding carboxylic acids is 3. The Balaban J connectivity index is 1.03. The number of aromatic nitrogens is 4. The zero-order valence-electron chi connectivity index (χ0n) is 35.8. The summed E-state index contributed by atoms with van der Waals surface area (Å²) in [4.78, 5) is 54.8. The van der Waals surface area contributed by atoms with Crippen LogP contribution >= 0.6 is 0 Å². The molecule has 0 aromatic carbocycles. The number of carbonyl (C=O) groups is 3. The van der Waals surface area contributed by atoms with Gasteiger partial charge in [-0.05, 0) is 45.1 Å². The van der Waals surface area contributed by atoms with Gasteiger partial charge in [-0.3, -0.25) is 19.0 Å². The molecule has 0 radical (unpaired) electrons. The Kier molecular flexibility index (Phi) is 19.9. The Bertz CT molecular complexity index is 1870. The first-order valence-corrected chi connectivity index (χ1v) is 20.9. The van der Waals surface area contributed by atoms with Gasteiger partial charge in [0.05, 0.1) is 55.6 Å². The monoisotopic (exact) mass is 823 g/mol. The number of amides is 2.